The van der Waals surface area contributed by atoms with Crippen LogP contribution < -0.4 is 0 Å². The van der Waals surface area contributed by atoms with Gasteiger partial charge in [-0.25, -0.2) is 9.69 Å². The standard InChI is InChI=1S/C11H12N2O2/c1-5-7-12-9(14)11(3,4)13(8-6-2)10(12)15/h1-4H3. The first-order valence-electron chi connectivity index (χ1n) is 4.50. The van der Waals surface area contributed by atoms with E-state index in [1.807, 2.05) is 0 Å². The zero-order valence-electron chi connectivity index (χ0n) is 9.21. The van der Waals surface area contributed by atoms with Gasteiger partial charge in [0.15, 0.2) is 0 Å². The second kappa shape index (κ2) is 3.67. The summed E-state index contributed by atoms with van der Waals surface area (Å²) in [4.78, 5) is 25.7. The first kappa shape index (κ1) is 11.1. The van der Waals surface area contributed by atoms with E-state index in [0.717, 1.165) is 4.90 Å². The summed E-state index contributed by atoms with van der Waals surface area (Å²) in [6.07, 6.45) is 0. The van der Waals surface area contributed by atoms with Gasteiger partial charge in [-0.1, -0.05) is 11.8 Å². The number of nitrogens with zero attached hydrogens (tertiary/aromatic N) is 2. The summed E-state index contributed by atoms with van der Waals surface area (Å²) in [6, 6.07) is 4.59. The average molecular weight is 204 g/mol. The molecule has 1 fully saturated rings. The molecule has 0 aromatic rings. The van der Waals surface area contributed by atoms with Gasteiger partial charge in [0.05, 0.1) is 0 Å². The summed E-state index contributed by atoms with van der Waals surface area (Å²) < 4.78 is 0. The number of amides is 3. The Bertz CT molecular complexity index is 429. The van der Waals surface area contributed by atoms with E-state index in [1.165, 1.54) is 4.90 Å². The van der Waals surface area contributed by atoms with Crippen LogP contribution in [-0.2, 0) is 4.79 Å². The summed E-state index contributed by atoms with van der Waals surface area (Å²) in [5.41, 5.74) is -0.941. The number of urea groups is 1. The highest BCUT2D eigenvalue weighted by Gasteiger charge is 2.51. The fraction of sp³-hybridized carbons (Fsp3) is 0.455. The molecule has 0 aromatic carbocycles. The molecule has 0 N–H and O–H groups in total. The van der Waals surface area contributed by atoms with Crippen molar-refractivity contribution in [1.29, 1.82) is 0 Å². The highest BCUT2D eigenvalue weighted by atomic mass is 16.2. The van der Waals surface area contributed by atoms with Crippen LogP contribution in [-0.4, -0.2) is 27.3 Å². The second-order valence-electron chi connectivity index (χ2n) is 3.54. The number of hydrogen-bond acceptors (Lipinski definition) is 2. The van der Waals surface area contributed by atoms with E-state index in [1.54, 1.807) is 27.7 Å². The molecule has 1 saturated heterocycles. The Kier molecular flexibility index (Phi) is 2.72. The highest BCUT2D eigenvalue weighted by Crippen LogP contribution is 2.25. The Morgan fingerprint density at radius 1 is 1.07 bits per heavy atom. The predicted molar refractivity (Wildman–Crippen MR) is 55.1 cm³/mol. The van der Waals surface area contributed by atoms with Crippen molar-refractivity contribution in [2.45, 2.75) is 33.2 Å². The predicted octanol–water partition coefficient (Wildman–Crippen LogP) is 0.991. The third kappa shape index (κ3) is 1.55. The Balaban J connectivity index is 3.21. The number of carbonyl (C=O) groups is 2. The van der Waals surface area contributed by atoms with Crippen LogP contribution in [0.25, 0.3) is 0 Å². The molecular weight excluding hydrogens is 192 g/mol. The van der Waals surface area contributed by atoms with Crippen LogP contribution in [0, 0.1) is 23.9 Å². The van der Waals surface area contributed by atoms with Crippen molar-refractivity contribution in [3.05, 3.63) is 0 Å². The van der Waals surface area contributed by atoms with E-state index >= 15 is 0 Å². The Morgan fingerprint density at radius 3 is 2.07 bits per heavy atom. The van der Waals surface area contributed by atoms with E-state index in [-0.39, 0.29) is 5.91 Å². The van der Waals surface area contributed by atoms with Crippen LogP contribution in [0.15, 0.2) is 0 Å². The van der Waals surface area contributed by atoms with Gasteiger partial charge in [0.25, 0.3) is 5.91 Å². The lowest BCUT2D eigenvalue weighted by Crippen LogP contribution is -2.41. The monoisotopic (exact) mass is 204 g/mol. The largest absolute Gasteiger partial charge is 0.351 e. The fourth-order valence-corrected chi connectivity index (χ4v) is 1.31. The van der Waals surface area contributed by atoms with Gasteiger partial charge < -0.3 is 0 Å². The van der Waals surface area contributed by atoms with Crippen molar-refractivity contribution in [3.8, 4) is 23.9 Å². The molecule has 1 heterocycles. The highest BCUT2D eigenvalue weighted by molar-refractivity contribution is 6.08. The molecule has 4 heteroatoms. The van der Waals surface area contributed by atoms with Crippen molar-refractivity contribution in [2.24, 2.45) is 0 Å². The van der Waals surface area contributed by atoms with E-state index in [4.69, 9.17) is 0 Å². The van der Waals surface area contributed by atoms with Crippen LogP contribution in [0.5, 0.6) is 0 Å². The summed E-state index contributed by atoms with van der Waals surface area (Å²) >= 11 is 0. The molecule has 1 aliphatic heterocycles. The quantitative estimate of drug-likeness (QED) is 0.436. The normalized spacial score (nSPS) is 18.1. The maximum atomic E-state index is 11.8. The zero-order chi connectivity index (χ0) is 11.6. The summed E-state index contributed by atoms with van der Waals surface area (Å²) in [6.45, 7) is 6.48. The van der Waals surface area contributed by atoms with Gasteiger partial charge >= 0.3 is 6.03 Å². The minimum atomic E-state index is -0.941. The second-order valence-corrected chi connectivity index (χ2v) is 3.54. The van der Waals surface area contributed by atoms with Crippen LogP contribution in [0.3, 0.4) is 0 Å². The molecule has 1 aliphatic rings. The van der Waals surface area contributed by atoms with Gasteiger partial charge in [0, 0.05) is 12.1 Å². The molecule has 0 radical (unpaired) electrons. The minimum Gasteiger partial charge on any atom is -0.270 e. The van der Waals surface area contributed by atoms with Crippen molar-refractivity contribution >= 4 is 11.9 Å². The molecule has 0 atom stereocenters. The Labute approximate surface area is 89.2 Å². The first-order valence-corrected chi connectivity index (χ1v) is 4.50. The SMILES string of the molecule is CC#CN1C(=O)N(C#CC)C(C)(C)C1=O. The average Bonchev–Trinajstić information content (AvgIpc) is 2.33. The lowest BCUT2D eigenvalue weighted by atomic mass is 10.1. The van der Waals surface area contributed by atoms with Crippen LogP contribution in [0.2, 0.25) is 0 Å². The summed E-state index contributed by atoms with van der Waals surface area (Å²) in [7, 11) is 0. The van der Waals surface area contributed by atoms with Gasteiger partial charge in [0.2, 0.25) is 0 Å². The van der Waals surface area contributed by atoms with E-state index in [9.17, 15) is 9.59 Å². The Morgan fingerprint density at radius 2 is 1.60 bits per heavy atom. The van der Waals surface area contributed by atoms with Gasteiger partial charge in [0.1, 0.15) is 5.54 Å². The van der Waals surface area contributed by atoms with Crippen LogP contribution in [0.4, 0.5) is 4.79 Å². The number of imide groups is 1. The summed E-state index contributed by atoms with van der Waals surface area (Å²) in [5.74, 6) is 4.79. The third-order valence-corrected chi connectivity index (χ3v) is 2.12. The molecule has 0 bridgehead atoms. The van der Waals surface area contributed by atoms with Crippen molar-refractivity contribution in [2.75, 3.05) is 0 Å². The third-order valence-electron chi connectivity index (χ3n) is 2.12. The fourth-order valence-electron chi connectivity index (χ4n) is 1.31. The number of carbonyl (C=O) groups excluding carboxylic acids is 2. The van der Waals surface area contributed by atoms with Gasteiger partial charge in [-0.15, -0.1) is 0 Å². The maximum absolute atomic E-state index is 11.8. The van der Waals surface area contributed by atoms with Crippen molar-refractivity contribution < 1.29 is 9.59 Å². The van der Waals surface area contributed by atoms with Crippen molar-refractivity contribution in [3.63, 3.8) is 0 Å². The molecule has 0 aromatic heterocycles. The molecule has 0 aliphatic carbocycles. The van der Waals surface area contributed by atoms with E-state index in [2.05, 4.69) is 23.9 Å². The molecular formula is C11H12N2O2. The zero-order valence-corrected chi connectivity index (χ0v) is 9.21. The van der Waals surface area contributed by atoms with Gasteiger partial charge in [-0.05, 0) is 27.7 Å². The van der Waals surface area contributed by atoms with E-state index in [0.29, 0.717) is 0 Å². The lowest BCUT2D eigenvalue weighted by molar-refractivity contribution is -0.129. The minimum absolute atomic E-state index is 0.343. The topological polar surface area (TPSA) is 40.6 Å². The lowest BCUT2D eigenvalue weighted by Gasteiger charge is -2.20. The Hall–Kier alpha value is -1.94. The summed E-state index contributed by atoms with van der Waals surface area (Å²) in [5, 5.41) is 0. The first-order chi connectivity index (χ1) is 6.96. The smallest absolute Gasteiger partial charge is 0.270 e. The molecule has 0 spiro atoms. The van der Waals surface area contributed by atoms with Crippen LogP contribution >= 0.6 is 0 Å². The van der Waals surface area contributed by atoms with Crippen LogP contribution in [0.1, 0.15) is 27.7 Å². The van der Waals surface area contributed by atoms with Gasteiger partial charge in [-0.3, -0.25) is 4.79 Å². The molecule has 78 valence electrons. The van der Waals surface area contributed by atoms with E-state index < -0.39 is 11.6 Å². The maximum Gasteiger partial charge on any atom is 0.351 e. The van der Waals surface area contributed by atoms with Gasteiger partial charge in [-0.2, -0.15) is 4.90 Å². The molecule has 4 nitrogen and oxygen atoms in total. The molecule has 15 heavy (non-hydrogen) atoms. The van der Waals surface area contributed by atoms with Crippen molar-refractivity contribution in [1.82, 2.24) is 9.80 Å². The molecule has 0 unspecified atom stereocenters. The molecule has 0 saturated carbocycles. The molecule has 1 rings (SSSR count). The number of rotatable bonds is 0. The molecule has 3 amide bonds. The number of hydrogen-bond donors (Lipinski definition) is 0.